The van der Waals surface area contributed by atoms with Crippen molar-refractivity contribution in [1.82, 2.24) is 19.7 Å². The maximum atomic E-state index is 13.0. The van der Waals surface area contributed by atoms with E-state index in [1.165, 1.54) is 17.7 Å². The van der Waals surface area contributed by atoms with Crippen LogP contribution in [0.3, 0.4) is 0 Å². The lowest BCUT2D eigenvalue weighted by atomic mass is 10.1. The van der Waals surface area contributed by atoms with E-state index in [1.54, 1.807) is 11.3 Å². The van der Waals surface area contributed by atoms with Crippen LogP contribution in [0.25, 0.3) is 15.5 Å². The molecule has 1 fully saturated rings. The molecule has 1 amide bonds. The Hall–Kier alpha value is -2.01. The van der Waals surface area contributed by atoms with Crippen LogP contribution in [0, 0.1) is 6.92 Å². The molecule has 0 aliphatic carbocycles. The van der Waals surface area contributed by atoms with Gasteiger partial charge in [0.25, 0.3) is 5.91 Å². The fourth-order valence-corrected chi connectivity index (χ4v) is 6.56. The summed E-state index contributed by atoms with van der Waals surface area (Å²) in [5.74, 6) is 0.199. The third kappa shape index (κ3) is 3.84. The second-order valence-electron chi connectivity index (χ2n) is 8.05. The highest BCUT2D eigenvalue weighted by molar-refractivity contribution is 7.51. The zero-order chi connectivity index (χ0) is 20.7. The first-order chi connectivity index (χ1) is 14.6. The summed E-state index contributed by atoms with van der Waals surface area (Å²) >= 11 is 1.71. The highest BCUT2D eigenvalue weighted by atomic mass is 32.1. The van der Waals surface area contributed by atoms with Gasteiger partial charge in [0.05, 0.1) is 26.7 Å². The number of carbonyl (C=O) groups excluding carboxylic acids is 1. The molecule has 2 atom stereocenters. The maximum Gasteiger partial charge on any atom is 0.252 e. The second-order valence-corrected chi connectivity index (χ2v) is 10.7. The van der Waals surface area contributed by atoms with Gasteiger partial charge in [-0.1, -0.05) is 27.6 Å². The number of carbonyl (C=O) groups is 1. The van der Waals surface area contributed by atoms with Gasteiger partial charge in [-0.05, 0) is 49.0 Å². The van der Waals surface area contributed by atoms with E-state index in [0.717, 1.165) is 53.3 Å². The van der Waals surface area contributed by atoms with Gasteiger partial charge in [0.1, 0.15) is 0 Å². The highest BCUT2D eigenvalue weighted by Crippen LogP contribution is 2.45. The van der Waals surface area contributed by atoms with Gasteiger partial charge in [-0.2, -0.15) is 0 Å². The number of fused-ring (bicyclic) bond motifs is 2. The summed E-state index contributed by atoms with van der Waals surface area (Å²) in [6.07, 6.45) is 9.52. The predicted molar refractivity (Wildman–Crippen MR) is 127 cm³/mol. The van der Waals surface area contributed by atoms with Gasteiger partial charge in [0, 0.05) is 38.5 Å². The number of thiazole rings is 1. The van der Waals surface area contributed by atoms with Crippen molar-refractivity contribution in [1.29, 1.82) is 0 Å². The van der Waals surface area contributed by atoms with Crippen molar-refractivity contribution < 1.29 is 4.79 Å². The fraction of sp³-hybridized carbons (Fsp3) is 0.391. The van der Waals surface area contributed by atoms with Crippen LogP contribution in [0.4, 0.5) is 0 Å². The van der Waals surface area contributed by atoms with E-state index in [2.05, 4.69) is 58.3 Å². The van der Waals surface area contributed by atoms with Crippen molar-refractivity contribution >= 4 is 41.4 Å². The summed E-state index contributed by atoms with van der Waals surface area (Å²) in [6, 6.07) is 6.39. The summed E-state index contributed by atoms with van der Waals surface area (Å²) in [7, 11) is 0.542. The molecular weight excluding hydrogens is 411 g/mol. The summed E-state index contributed by atoms with van der Waals surface area (Å²) in [4.78, 5) is 24.4. The molecule has 1 saturated heterocycles. The highest BCUT2D eigenvalue weighted by Gasteiger charge is 2.30. The molecule has 30 heavy (non-hydrogen) atoms. The number of nitrogens with zero attached hydrogens (tertiary/aromatic N) is 4. The number of aromatic nitrogens is 1. The zero-order valence-electron chi connectivity index (χ0n) is 17.5. The normalized spacial score (nSPS) is 23.1. The van der Waals surface area contributed by atoms with E-state index in [9.17, 15) is 4.79 Å². The van der Waals surface area contributed by atoms with Crippen LogP contribution in [0.1, 0.15) is 23.9 Å². The van der Waals surface area contributed by atoms with Gasteiger partial charge in [-0.3, -0.25) is 9.69 Å². The smallest absolute Gasteiger partial charge is 0.252 e. The molecule has 3 aliphatic heterocycles. The average Bonchev–Trinajstić information content (AvgIpc) is 3.13. The molecule has 1 aromatic carbocycles. The van der Waals surface area contributed by atoms with Crippen LogP contribution in [-0.2, 0) is 4.79 Å². The molecule has 0 radical (unpaired) electrons. The Kier molecular flexibility index (Phi) is 5.48. The molecule has 2 aromatic rings. The van der Waals surface area contributed by atoms with Crippen molar-refractivity contribution in [2.45, 2.75) is 26.1 Å². The summed E-state index contributed by atoms with van der Waals surface area (Å²) in [5, 5.41) is 2.20. The number of amides is 1. The Bertz CT molecular complexity index is 1060. The molecule has 0 spiro atoms. The molecular formula is C23H27N4OPS. The van der Waals surface area contributed by atoms with Crippen LogP contribution in [0.5, 0.6) is 0 Å². The third-order valence-electron chi connectivity index (χ3n) is 5.93. The Labute approximate surface area is 183 Å². The topological polar surface area (TPSA) is 39.7 Å². The van der Waals surface area contributed by atoms with E-state index >= 15 is 0 Å². The van der Waals surface area contributed by atoms with Crippen molar-refractivity contribution in [3.05, 3.63) is 58.9 Å². The third-order valence-corrected chi connectivity index (χ3v) is 8.39. The van der Waals surface area contributed by atoms with Crippen LogP contribution in [0.2, 0.25) is 0 Å². The quantitative estimate of drug-likeness (QED) is 0.670. The maximum absolute atomic E-state index is 13.0. The molecule has 156 valence electrons. The van der Waals surface area contributed by atoms with Gasteiger partial charge in [-0.15, -0.1) is 11.3 Å². The number of hydrogen-bond donors (Lipinski definition) is 0. The van der Waals surface area contributed by atoms with Crippen molar-refractivity contribution in [2.24, 2.45) is 0 Å². The van der Waals surface area contributed by atoms with Crippen molar-refractivity contribution in [3.8, 4) is 0 Å². The molecule has 3 aliphatic rings. The Balaban J connectivity index is 1.33. The number of hydrogen-bond acceptors (Lipinski definition) is 5. The minimum atomic E-state index is 0.0785. The number of aryl methyl sites for hydroxylation is 1. The number of piperazine rings is 1. The average molecular weight is 439 g/mol. The largest absolute Gasteiger partial charge is 0.368 e. The lowest BCUT2D eigenvalue weighted by molar-refractivity contribution is -0.123. The molecule has 2 unspecified atom stereocenters. The van der Waals surface area contributed by atoms with E-state index in [0.29, 0.717) is 8.58 Å². The second kappa shape index (κ2) is 8.26. The number of allylic oxidation sites excluding steroid dienone is 1. The summed E-state index contributed by atoms with van der Waals surface area (Å²) in [5.41, 5.74) is 3.31. The zero-order valence-corrected chi connectivity index (χ0v) is 19.3. The molecule has 0 N–H and O–H groups in total. The van der Waals surface area contributed by atoms with Gasteiger partial charge >= 0.3 is 0 Å². The first-order valence-electron chi connectivity index (χ1n) is 10.7. The van der Waals surface area contributed by atoms with E-state index in [-0.39, 0.29) is 11.7 Å². The molecule has 1 aromatic heterocycles. The van der Waals surface area contributed by atoms with Crippen molar-refractivity contribution in [2.75, 3.05) is 32.7 Å². The molecule has 7 heteroatoms. The summed E-state index contributed by atoms with van der Waals surface area (Å²) in [6.45, 7) is 9.70. The van der Waals surface area contributed by atoms with E-state index in [1.807, 2.05) is 17.9 Å². The first-order valence-corrected chi connectivity index (χ1v) is 12.6. The van der Waals surface area contributed by atoms with Crippen LogP contribution >= 0.6 is 19.9 Å². The lowest BCUT2D eigenvalue weighted by Crippen LogP contribution is -2.47. The summed E-state index contributed by atoms with van der Waals surface area (Å²) < 4.78 is 1.20. The standard InChI is InChI=1S/C23H27N4OPS/c1-3-8-25-9-11-26(12-10-25)18-5-7-23-27(15-18)22(28)14-20(29-23)17-4-6-21-19(13-17)24-16(2)30-21/h4-7,13-15,23,29H,3,8-12H2,1-2H3. The fourth-order valence-electron chi connectivity index (χ4n) is 4.38. The number of rotatable bonds is 4. The van der Waals surface area contributed by atoms with Gasteiger partial charge < -0.3 is 9.80 Å². The molecule has 0 bridgehead atoms. The Morgan fingerprint density at radius 2 is 2.07 bits per heavy atom. The van der Waals surface area contributed by atoms with Crippen LogP contribution < -0.4 is 0 Å². The van der Waals surface area contributed by atoms with Gasteiger partial charge in [-0.25, -0.2) is 4.98 Å². The Morgan fingerprint density at radius 3 is 2.87 bits per heavy atom. The van der Waals surface area contributed by atoms with Crippen molar-refractivity contribution in [3.63, 3.8) is 0 Å². The molecule has 5 nitrogen and oxygen atoms in total. The lowest BCUT2D eigenvalue weighted by Gasteiger charge is -2.40. The SMILES string of the molecule is CCCN1CCN(C2=CN3C(=O)C=C(c4ccc5sc(C)nc5c4)PC3C=C2)CC1. The van der Waals surface area contributed by atoms with E-state index in [4.69, 9.17) is 0 Å². The van der Waals surface area contributed by atoms with E-state index < -0.39 is 0 Å². The number of benzene rings is 1. The predicted octanol–water partition coefficient (Wildman–Crippen LogP) is 4.23. The Morgan fingerprint density at radius 1 is 1.23 bits per heavy atom. The molecule has 4 heterocycles. The molecule has 0 saturated carbocycles. The van der Waals surface area contributed by atoms with Crippen LogP contribution in [-0.4, -0.2) is 64.1 Å². The molecule has 5 rings (SSSR count). The van der Waals surface area contributed by atoms with Crippen LogP contribution in [0.15, 0.2) is 48.3 Å². The minimum absolute atomic E-state index is 0.0785. The minimum Gasteiger partial charge on any atom is -0.368 e. The van der Waals surface area contributed by atoms with Gasteiger partial charge in [0.15, 0.2) is 0 Å². The van der Waals surface area contributed by atoms with Gasteiger partial charge in [0.2, 0.25) is 0 Å². The first kappa shape index (κ1) is 19.9. The monoisotopic (exact) mass is 438 g/mol.